The molecule has 1 fully saturated rings. The van der Waals surface area contributed by atoms with Gasteiger partial charge in [-0.3, -0.25) is 19.3 Å². The summed E-state index contributed by atoms with van der Waals surface area (Å²) in [6.07, 6.45) is 0.660. The maximum Gasteiger partial charge on any atom is 0.303 e. The molecule has 20 heavy (non-hydrogen) atoms. The molecule has 0 bridgehead atoms. The van der Waals surface area contributed by atoms with Crippen LogP contribution in [0.4, 0.5) is 0 Å². The van der Waals surface area contributed by atoms with E-state index < -0.39 is 5.97 Å². The molecule has 0 aliphatic carbocycles. The van der Waals surface area contributed by atoms with Crippen LogP contribution in [0.25, 0.3) is 0 Å². The molecule has 0 atom stereocenters. The maximum absolute atomic E-state index is 12.0. The number of carbonyl (C=O) groups is 3. The van der Waals surface area contributed by atoms with Gasteiger partial charge in [0.15, 0.2) is 0 Å². The topological polar surface area (TPSA) is 81.2 Å². The van der Waals surface area contributed by atoms with E-state index >= 15 is 0 Å². The second-order valence-electron chi connectivity index (χ2n) is 5.12. The Balaban J connectivity index is 2.26. The summed E-state index contributed by atoms with van der Waals surface area (Å²) in [5.74, 6) is -0.737. The smallest absolute Gasteiger partial charge is 0.303 e. The fraction of sp³-hybridized carbons (Fsp3) is 0.769. The summed E-state index contributed by atoms with van der Waals surface area (Å²) >= 11 is 0. The summed E-state index contributed by atoms with van der Waals surface area (Å²) in [4.78, 5) is 39.0. The molecule has 1 aliphatic heterocycles. The van der Waals surface area contributed by atoms with Crippen LogP contribution < -0.4 is 0 Å². The van der Waals surface area contributed by atoms with Crippen LogP contribution in [0.15, 0.2) is 0 Å². The van der Waals surface area contributed by atoms with Crippen LogP contribution in [0.1, 0.15) is 19.8 Å². The number of nitrogens with zero attached hydrogens (tertiary/aromatic N) is 3. The quantitative estimate of drug-likeness (QED) is 0.710. The standard InChI is InChI=1S/C13H23N3O4/c1-11(17)15-6-8-16(9-7-15)12(18)10-14(2)5-3-4-13(19)20/h3-10H2,1-2H3,(H,19,20). The number of piperazine rings is 1. The van der Waals surface area contributed by atoms with Crippen LogP contribution in [0.2, 0.25) is 0 Å². The third-order valence-corrected chi connectivity index (χ3v) is 3.41. The first-order valence-corrected chi connectivity index (χ1v) is 6.83. The van der Waals surface area contributed by atoms with E-state index in [0.717, 1.165) is 0 Å². The lowest BCUT2D eigenvalue weighted by Gasteiger charge is -2.35. The monoisotopic (exact) mass is 285 g/mol. The van der Waals surface area contributed by atoms with Crippen molar-refractivity contribution in [2.24, 2.45) is 0 Å². The molecule has 0 aromatic heterocycles. The van der Waals surface area contributed by atoms with E-state index in [1.54, 1.807) is 9.80 Å². The average molecular weight is 285 g/mol. The van der Waals surface area contributed by atoms with Gasteiger partial charge in [0.1, 0.15) is 0 Å². The van der Waals surface area contributed by atoms with Crippen molar-refractivity contribution in [3.63, 3.8) is 0 Å². The minimum Gasteiger partial charge on any atom is -0.481 e. The first kappa shape index (κ1) is 16.4. The molecule has 1 saturated heterocycles. The first-order valence-electron chi connectivity index (χ1n) is 6.83. The van der Waals surface area contributed by atoms with Crippen molar-refractivity contribution in [1.29, 1.82) is 0 Å². The fourth-order valence-electron chi connectivity index (χ4n) is 2.18. The molecule has 0 unspecified atom stereocenters. The number of carboxylic acid groups (broad SMARTS) is 1. The van der Waals surface area contributed by atoms with Gasteiger partial charge in [-0.2, -0.15) is 0 Å². The molecule has 2 amide bonds. The second-order valence-corrected chi connectivity index (χ2v) is 5.12. The summed E-state index contributed by atoms with van der Waals surface area (Å²) in [7, 11) is 1.81. The Labute approximate surface area is 119 Å². The zero-order valence-electron chi connectivity index (χ0n) is 12.2. The van der Waals surface area contributed by atoms with E-state index in [1.807, 2.05) is 11.9 Å². The highest BCUT2D eigenvalue weighted by Gasteiger charge is 2.22. The maximum atomic E-state index is 12.0. The van der Waals surface area contributed by atoms with E-state index in [0.29, 0.717) is 45.7 Å². The lowest BCUT2D eigenvalue weighted by atomic mass is 10.2. The predicted molar refractivity (Wildman–Crippen MR) is 73.2 cm³/mol. The van der Waals surface area contributed by atoms with Crippen LogP contribution in [0.3, 0.4) is 0 Å². The average Bonchev–Trinajstić information content (AvgIpc) is 2.38. The van der Waals surface area contributed by atoms with E-state index in [-0.39, 0.29) is 18.2 Å². The predicted octanol–water partition coefficient (Wildman–Crippen LogP) is -0.526. The van der Waals surface area contributed by atoms with Gasteiger partial charge in [0.05, 0.1) is 6.54 Å². The van der Waals surface area contributed by atoms with Gasteiger partial charge in [-0.1, -0.05) is 0 Å². The third kappa shape index (κ3) is 5.56. The number of carbonyl (C=O) groups excluding carboxylic acids is 2. The molecule has 1 aliphatic rings. The van der Waals surface area contributed by atoms with Crippen molar-refractivity contribution < 1.29 is 19.5 Å². The van der Waals surface area contributed by atoms with E-state index in [2.05, 4.69) is 0 Å². The second kappa shape index (κ2) is 7.84. The van der Waals surface area contributed by atoms with Gasteiger partial charge >= 0.3 is 5.97 Å². The number of carboxylic acids is 1. The van der Waals surface area contributed by atoms with Crippen LogP contribution in [0, 0.1) is 0 Å². The van der Waals surface area contributed by atoms with Crippen molar-refractivity contribution in [1.82, 2.24) is 14.7 Å². The van der Waals surface area contributed by atoms with Gasteiger partial charge in [0.25, 0.3) is 0 Å². The number of aliphatic carboxylic acids is 1. The highest BCUT2D eigenvalue weighted by Crippen LogP contribution is 2.03. The van der Waals surface area contributed by atoms with Crippen LogP contribution in [-0.4, -0.2) is 83.9 Å². The zero-order chi connectivity index (χ0) is 15.1. The molecule has 7 nitrogen and oxygen atoms in total. The number of hydrogen-bond donors (Lipinski definition) is 1. The molecule has 1 rings (SSSR count). The lowest BCUT2D eigenvalue weighted by molar-refractivity contribution is -0.139. The van der Waals surface area contributed by atoms with Crippen molar-refractivity contribution in [2.75, 3.05) is 46.3 Å². The van der Waals surface area contributed by atoms with Gasteiger partial charge in [-0.25, -0.2) is 0 Å². The Hall–Kier alpha value is -1.63. The van der Waals surface area contributed by atoms with Crippen LogP contribution in [-0.2, 0) is 14.4 Å². The molecule has 0 radical (unpaired) electrons. The zero-order valence-corrected chi connectivity index (χ0v) is 12.2. The molecule has 0 aromatic rings. The number of likely N-dealkylation sites (N-methyl/N-ethyl adjacent to an activating group) is 1. The molecular formula is C13H23N3O4. The molecule has 1 heterocycles. The van der Waals surface area contributed by atoms with Crippen molar-refractivity contribution >= 4 is 17.8 Å². The van der Waals surface area contributed by atoms with E-state index in [1.165, 1.54) is 6.92 Å². The van der Waals surface area contributed by atoms with E-state index in [9.17, 15) is 14.4 Å². The van der Waals surface area contributed by atoms with Gasteiger partial charge in [-0.15, -0.1) is 0 Å². The number of rotatable bonds is 6. The van der Waals surface area contributed by atoms with Crippen molar-refractivity contribution in [2.45, 2.75) is 19.8 Å². The summed E-state index contributed by atoms with van der Waals surface area (Å²) in [5.41, 5.74) is 0. The highest BCUT2D eigenvalue weighted by molar-refractivity contribution is 5.79. The summed E-state index contributed by atoms with van der Waals surface area (Å²) in [6.45, 7) is 4.73. The van der Waals surface area contributed by atoms with Crippen LogP contribution >= 0.6 is 0 Å². The van der Waals surface area contributed by atoms with E-state index in [4.69, 9.17) is 5.11 Å². The Morgan fingerprint density at radius 3 is 2.15 bits per heavy atom. The Kier molecular flexibility index (Phi) is 6.44. The Bertz CT molecular complexity index is 365. The van der Waals surface area contributed by atoms with Gasteiger partial charge in [-0.05, 0) is 20.0 Å². The lowest BCUT2D eigenvalue weighted by Crippen LogP contribution is -2.52. The molecule has 0 saturated carbocycles. The number of amides is 2. The molecule has 7 heteroatoms. The third-order valence-electron chi connectivity index (χ3n) is 3.41. The van der Waals surface area contributed by atoms with Crippen molar-refractivity contribution in [3.8, 4) is 0 Å². The van der Waals surface area contributed by atoms with Crippen LogP contribution in [0.5, 0.6) is 0 Å². The molecule has 114 valence electrons. The molecular weight excluding hydrogens is 262 g/mol. The largest absolute Gasteiger partial charge is 0.481 e. The number of hydrogen-bond acceptors (Lipinski definition) is 4. The summed E-state index contributed by atoms with van der Waals surface area (Å²) in [5, 5.41) is 8.56. The fourth-order valence-corrected chi connectivity index (χ4v) is 2.18. The Morgan fingerprint density at radius 1 is 1.10 bits per heavy atom. The van der Waals surface area contributed by atoms with Gasteiger partial charge < -0.3 is 14.9 Å². The minimum absolute atomic E-state index is 0.0334. The minimum atomic E-state index is -0.815. The van der Waals surface area contributed by atoms with Crippen molar-refractivity contribution in [3.05, 3.63) is 0 Å². The molecule has 0 spiro atoms. The Morgan fingerprint density at radius 2 is 1.65 bits per heavy atom. The van der Waals surface area contributed by atoms with Gasteiger partial charge in [0, 0.05) is 39.5 Å². The summed E-state index contributed by atoms with van der Waals surface area (Å²) < 4.78 is 0. The SMILES string of the molecule is CC(=O)N1CCN(C(=O)CN(C)CCCC(=O)O)CC1. The molecule has 0 aromatic carbocycles. The first-order chi connectivity index (χ1) is 9.40. The van der Waals surface area contributed by atoms with Gasteiger partial charge in [0.2, 0.25) is 11.8 Å². The summed E-state index contributed by atoms with van der Waals surface area (Å²) in [6, 6.07) is 0. The normalized spacial score (nSPS) is 15.6. The molecule has 1 N–H and O–H groups in total. The highest BCUT2D eigenvalue weighted by atomic mass is 16.4.